The molecule has 5 nitrogen and oxygen atoms in total. The second kappa shape index (κ2) is 5.13. The molecular weight excluding hydrogens is 237 g/mol. The zero-order valence-electron chi connectivity index (χ0n) is 9.22. The quantitative estimate of drug-likeness (QED) is 0.714. The monoisotopic (exact) mass is 247 g/mol. The van der Waals surface area contributed by atoms with Crippen LogP contribution >= 0.6 is 0 Å². The molecule has 92 valence electrons. The molecule has 0 bridgehead atoms. The Morgan fingerprint density at radius 3 is 2.56 bits per heavy atom. The first-order valence-electron chi connectivity index (χ1n) is 5.12. The van der Waals surface area contributed by atoms with Crippen molar-refractivity contribution in [2.24, 2.45) is 0 Å². The molecule has 0 saturated carbocycles. The van der Waals surface area contributed by atoms with E-state index in [1.54, 1.807) is 0 Å². The van der Waals surface area contributed by atoms with Gasteiger partial charge in [-0.15, -0.1) is 0 Å². The van der Waals surface area contributed by atoms with Gasteiger partial charge in [0.05, 0.1) is 11.9 Å². The van der Waals surface area contributed by atoms with Crippen LogP contribution < -0.4 is 10.6 Å². The lowest BCUT2D eigenvalue weighted by atomic mass is 10.3. The zero-order chi connectivity index (χ0) is 13.0. The maximum atomic E-state index is 13.2. The third-order valence-corrected chi connectivity index (χ3v) is 2.15. The van der Waals surface area contributed by atoms with Gasteiger partial charge < -0.3 is 15.7 Å². The highest BCUT2D eigenvalue weighted by Crippen LogP contribution is 2.15. The molecule has 0 aliphatic heterocycles. The molecule has 2 amide bonds. The van der Waals surface area contributed by atoms with Crippen molar-refractivity contribution in [2.45, 2.75) is 0 Å². The maximum absolute atomic E-state index is 13.2. The third-order valence-electron chi connectivity index (χ3n) is 2.15. The lowest BCUT2D eigenvalue weighted by Crippen LogP contribution is -2.20. The van der Waals surface area contributed by atoms with Crippen LogP contribution in [0, 0.1) is 5.82 Å². The first-order chi connectivity index (χ1) is 8.65. The molecule has 6 heteroatoms. The van der Waals surface area contributed by atoms with Crippen molar-refractivity contribution in [1.29, 1.82) is 0 Å². The number of aromatic nitrogens is 1. The molecule has 2 rings (SSSR count). The van der Waals surface area contributed by atoms with Gasteiger partial charge in [-0.1, -0.05) is 0 Å². The lowest BCUT2D eigenvalue weighted by molar-refractivity contribution is 0.262. The highest BCUT2D eigenvalue weighted by molar-refractivity contribution is 5.99. The van der Waals surface area contributed by atoms with Crippen LogP contribution in [0.4, 0.5) is 20.6 Å². The van der Waals surface area contributed by atoms with Crippen LogP contribution in [0.1, 0.15) is 0 Å². The highest BCUT2D eigenvalue weighted by atomic mass is 19.1. The van der Waals surface area contributed by atoms with Gasteiger partial charge in [-0.3, -0.25) is 4.98 Å². The third kappa shape index (κ3) is 2.94. The van der Waals surface area contributed by atoms with Gasteiger partial charge in [0.25, 0.3) is 0 Å². The molecule has 3 N–H and O–H groups in total. The van der Waals surface area contributed by atoms with E-state index in [4.69, 9.17) is 5.11 Å². The Balaban J connectivity index is 2.01. The Kier molecular flexibility index (Phi) is 3.38. The van der Waals surface area contributed by atoms with E-state index >= 15 is 0 Å². The van der Waals surface area contributed by atoms with Crippen LogP contribution in [0.15, 0.2) is 42.7 Å². The number of phenols is 1. The number of anilines is 2. The maximum Gasteiger partial charge on any atom is 0.323 e. The van der Waals surface area contributed by atoms with Gasteiger partial charge in [-0.2, -0.15) is 0 Å². The molecule has 18 heavy (non-hydrogen) atoms. The summed E-state index contributed by atoms with van der Waals surface area (Å²) in [5.41, 5.74) is 0.529. The number of hydrogen-bond acceptors (Lipinski definition) is 3. The number of nitrogens with one attached hydrogen (secondary N) is 2. The molecule has 0 aliphatic carbocycles. The average molecular weight is 247 g/mol. The van der Waals surface area contributed by atoms with Crippen LogP contribution in [0.2, 0.25) is 0 Å². The SMILES string of the molecule is O=C(Nc1ccc(O)cc1)Nc1ccncc1F. The molecule has 1 aromatic heterocycles. The second-order valence-electron chi connectivity index (χ2n) is 3.48. The van der Waals surface area contributed by atoms with E-state index in [-0.39, 0.29) is 11.4 Å². The number of phenolic OH excluding ortho intramolecular Hbond substituents is 1. The van der Waals surface area contributed by atoms with Crippen molar-refractivity contribution in [1.82, 2.24) is 4.98 Å². The van der Waals surface area contributed by atoms with Gasteiger partial charge in [0.1, 0.15) is 5.75 Å². The summed E-state index contributed by atoms with van der Waals surface area (Å²) in [7, 11) is 0. The lowest BCUT2D eigenvalue weighted by Gasteiger charge is -2.07. The van der Waals surface area contributed by atoms with Crippen molar-refractivity contribution >= 4 is 17.4 Å². The Bertz CT molecular complexity index is 558. The summed E-state index contributed by atoms with van der Waals surface area (Å²) < 4.78 is 13.2. The number of carbonyl (C=O) groups excluding carboxylic acids is 1. The van der Waals surface area contributed by atoms with E-state index < -0.39 is 11.8 Å². The van der Waals surface area contributed by atoms with Crippen LogP contribution in [0.5, 0.6) is 5.75 Å². The standard InChI is InChI=1S/C12H10FN3O2/c13-10-7-14-6-5-11(10)16-12(18)15-8-1-3-9(17)4-2-8/h1-7,17H,(H2,14,15,16,18). The molecule has 0 radical (unpaired) electrons. The number of amides is 2. The van der Waals surface area contributed by atoms with Crippen molar-refractivity contribution in [3.8, 4) is 5.75 Å². The number of benzene rings is 1. The number of urea groups is 1. The first kappa shape index (κ1) is 11.8. The fourth-order valence-electron chi connectivity index (χ4n) is 1.31. The molecule has 0 atom stereocenters. The van der Waals surface area contributed by atoms with Crippen molar-refractivity contribution in [3.63, 3.8) is 0 Å². The number of nitrogens with zero attached hydrogens (tertiary/aromatic N) is 1. The molecule has 0 fully saturated rings. The predicted octanol–water partition coefficient (Wildman–Crippen LogP) is 2.57. The normalized spacial score (nSPS) is 9.83. The van der Waals surface area contributed by atoms with E-state index in [1.807, 2.05) is 0 Å². The molecule has 1 heterocycles. The Labute approximate surface area is 102 Å². The van der Waals surface area contributed by atoms with E-state index in [0.717, 1.165) is 6.20 Å². The highest BCUT2D eigenvalue weighted by Gasteiger charge is 2.06. The van der Waals surface area contributed by atoms with Gasteiger partial charge in [0.2, 0.25) is 0 Å². The average Bonchev–Trinajstić information content (AvgIpc) is 2.35. The fraction of sp³-hybridized carbons (Fsp3) is 0. The Morgan fingerprint density at radius 1 is 1.17 bits per heavy atom. The van der Waals surface area contributed by atoms with Crippen molar-refractivity contribution < 1.29 is 14.3 Å². The van der Waals surface area contributed by atoms with Gasteiger partial charge in [0.15, 0.2) is 5.82 Å². The molecule has 0 spiro atoms. The summed E-state index contributed by atoms with van der Waals surface area (Å²) in [6.45, 7) is 0. The van der Waals surface area contributed by atoms with E-state index in [2.05, 4.69) is 15.6 Å². The molecule has 0 saturated heterocycles. The van der Waals surface area contributed by atoms with Gasteiger partial charge in [-0.25, -0.2) is 9.18 Å². The van der Waals surface area contributed by atoms with Gasteiger partial charge >= 0.3 is 6.03 Å². The predicted molar refractivity (Wildman–Crippen MR) is 64.9 cm³/mol. The number of carbonyl (C=O) groups is 1. The van der Waals surface area contributed by atoms with Gasteiger partial charge in [0, 0.05) is 11.9 Å². The molecule has 2 aromatic rings. The minimum Gasteiger partial charge on any atom is -0.508 e. The van der Waals surface area contributed by atoms with Crippen LogP contribution in [-0.4, -0.2) is 16.1 Å². The topological polar surface area (TPSA) is 74.2 Å². The van der Waals surface area contributed by atoms with Crippen molar-refractivity contribution in [3.05, 3.63) is 48.5 Å². The summed E-state index contributed by atoms with van der Waals surface area (Å²) in [5, 5.41) is 13.9. The van der Waals surface area contributed by atoms with E-state index in [9.17, 15) is 9.18 Å². The van der Waals surface area contributed by atoms with Crippen LogP contribution in [-0.2, 0) is 0 Å². The number of aromatic hydroxyl groups is 1. The molecule has 1 aromatic carbocycles. The van der Waals surface area contributed by atoms with Crippen LogP contribution in [0.3, 0.4) is 0 Å². The number of rotatable bonds is 2. The number of pyridine rings is 1. The molecule has 0 aliphatic rings. The molecule has 0 unspecified atom stereocenters. The summed E-state index contributed by atoms with van der Waals surface area (Å²) in [5.74, 6) is -0.514. The fourth-order valence-corrected chi connectivity index (χ4v) is 1.31. The first-order valence-corrected chi connectivity index (χ1v) is 5.12. The van der Waals surface area contributed by atoms with Crippen LogP contribution in [0.25, 0.3) is 0 Å². The second-order valence-corrected chi connectivity index (χ2v) is 3.48. The van der Waals surface area contributed by atoms with E-state index in [0.29, 0.717) is 5.69 Å². The van der Waals surface area contributed by atoms with Gasteiger partial charge in [-0.05, 0) is 30.3 Å². The van der Waals surface area contributed by atoms with E-state index in [1.165, 1.54) is 36.5 Å². The van der Waals surface area contributed by atoms with Crippen molar-refractivity contribution in [2.75, 3.05) is 10.6 Å². The minimum absolute atomic E-state index is 0.0429. The number of halogens is 1. The minimum atomic E-state index is -0.613. The summed E-state index contributed by atoms with van der Waals surface area (Å²) in [6.07, 6.45) is 2.38. The Morgan fingerprint density at radius 2 is 1.89 bits per heavy atom. The summed E-state index contributed by atoms with van der Waals surface area (Å²) in [6, 6.07) is 6.69. The Hall–Kier alpha value is -2.63. The summed E-state index contributed by atoms with van der Waals surface area (Å²) >= 11 is 0. The summed E-state index contributed by atoms with van der Waals surface area (Å²) in [4.78, 5) is 15.1. The largest absolute Gasteiger partial charge is 0.508 e. The molecular formula is C12H10FN3O2. The number of hydrogen-bond donors (Lipinski definition) is 3. The zero-order valence-corrected chi connectivity index (χ0v) is 9.22. The smallest absolute Gasteiger partial charge is 0.323 e.